The number of benzene rings is 1. The summed E-state index contributed by atoms with van der Waals surface area (Å²) < 4.78 is 10.7. The lowest BCUT2D eigenvalue weighted by atomic mass is 10.1. The van der Waals surface area contributed by atoms with Gasteiger partial charge in [0.2, 0.25) is 6.39 Å². The number of aromatic nitrogens is 2. The number of hydrogen-bond donors (Lipinski definition) is 1. The Morgan fingerprint density at radius 3 is 2.94 bits per heavy atom. The summed E-state index contributed by atoms with van der Waals surface area (Å²) in [6.45, 7) is 0. The maximum atomic E-state index is 6.01. The number of ether oxygens (including phenoxy) is 1. The molecule has 1 aromatic carbocycles. The average molecular weight is 284 g/mol. The maximum Gasteiger partial charge on any atom is 0.213 e. The fraction of sp³-hybridized carbons (Fsp3) is 0.200. The van der Waals surface area contributed by atoms with Crippen LogP contribution in [-0.4, -0.2) is 17.3 Å². The van der Waals surface area contributed by atoms with E-state index in [2.05, 4.69) is 30.6 Å². The van der Waals surface area contributed by atoms with Crippen LogP contribution in [0, 0.1) is 0 Å². The molecule has 0 saturated carbocycles. The lowest BCUT2D eigenvalue weighted by molar-refractivity contribution is 0.406. The summed E-state index contributed by atoms with van der Waals surface area (Å²) in [7, 11) is 1.60. The Kier molecular flexibility index (Phi) is 3.21. The molecule has 0 spiro atoms. The van der Waals surface area contributed by atoms with Crippen LogP contribution in [0.2, 0.25) is 0 Å². The summed E-state index contributed by atoms with van der Waals surface area (Å²) in [6, 6.07) is 5.11. The molecule has 0 aliphatic rings. The maximum absolute atomic E-state index is 6.01. The molecule has 1 atom stereocenters. The summed E-state index contributed by atoms with van der Waals surface area (Å²) in [6.07, 6.45) is 1.25. The predicted molar refractivity (Wildman–Crippen MR) is 61.0 cm³/mol. The van der Waals surface area contributed by atoms with Crippen molar-refractivity contribution in [2.45, 2.75) is 6.04 Å². The summed E-state index contributed by atoms with van der Waals surface area (Å²) >= 11 is 3.42. The zero-order valence-corrected chi connectivity index (χ0v) is 10.1. The molecule has 2 rings (SSSR count). The van der Waals surface area contributed by atoms with Crippen LogP contribution in [0.3, 0.4) is 0 Å². The van der Waals surface area contributed by atoms with Crippen LogP contribution >= 0.6 is 15.9 Å². The van der Waals surface area contributed by atoms with Gasteiger partial charge < -0.3 is 15.0 Å². The molecule has 0 saturated heterocycles. The van der Waals surface area contributed by atoms with Crippen molar-refractivity contribution in [3.8, 4) is 5.75 Å². The summed E-state index contributed by atoms with van der Waals surface area (Å²) in [5, 5.41) is 3.72. The monoisotopic (exact) mass is 283 g/mol. The minimum Gasteiger partial charge on any atom is -0.497 e. The fourth-order valence-corrected chi connectivity index (χ4v) is 1.84. The number of nitrogens with two attached hydrogens (primary N) is 1. The molecule has 5 nitrogen and oxygen atoms in total. The van der Waals surface area contributed by atoms with Gasteiger partial charge in [-0.3, -0.25) is 0 Å². The Balaban J connectivity index is 2.39. The van der Waals surface area contributed by atoms with Crippen molar-refractivity contribution in [3.63, 3.8) is 0 Å². The minimum atomic E-state index is -0.441. The van der Waals surface area contributed by atoms with Crippen molar-refractivity contribution in [2.75, 3.05) is 7.11 Å². The van der Waals surface area contributed by atoms with Gasteiger partial charge in [0.15, 0.2) is 5.82 Å². The molecule has 2 N–H and O–H groups in total. The van der Waals surface area contributed by atoms with Crippen LogP contribution in [0.4, 0.5) is 0 Å². The first-order valence-electron chi connectivity index (χ1n) is 4.57. The Bertz CT molecular complexity index is 473. The molecule has 1 heterocycles. The van der Waals surface area contributed by atoms with E-state index in [-0.39, 0.29) is 0 Å². The van der Waals surface area contributed by atoms with Gasteiger partial charge in [0.25, 0.3) is 0 Å². The van der Waals surface area contributed by atoms with E-state index in [1.54, 1.807) is 7.11 Å². The van der Waals surface area contributed by atoms with Gasteiger partial charge >= 0.3 is 0 Å². The van der Waals surface area contributed by atoms with E-state index < -0.39 is 6.04 Å². The van der Waals surface area contributed by atoms with Gasteiger partial charge in [-0.1, -0.05) is 21.1 Å². The van der Waals surface area contributed by atoms with Gasteiger partial charge in [0.05, 0.1) is 13.2 Å². The Morgan fingerprint density at radius 1 is 1.50 bits per heavy atom. The van der Waals surface area contributed by atoms with E-state index in [9.17, 15) is 0 Å². The third kappa shape index (κ3) is 2.07. The highest BCUT2D eigenvalue weighted by atomic mass is 79.9. The SMILES string of the molecule is COc1ccc(Br)c(C(N)c2ncon2)c1. The Morgan fingerprint density at radius 2 is 2.31 bits per heavy atom. The second-order valence-electron chi connectivity index (χ2n) is 3.15. The number of rotatable bonds is 3. The second kappa shape index (κ2) is 4.63. The van der Waals surface area contributed by atoms with Gasteiger partial charge in [-0.25, -0.2) is 0 Å². The quantitative estimate of drug-likeness (QED) is 0.931. The lowest BCUT2D eigenvalue weighted by Crippen LogP contribution is -2.14. The van der Waals surface area contributed by atoms with E-state index >= 15 is 0 Å². The molecule has 0 radical (unpaired) electrons. The molecule has 0 amide bonds. The van der Waals surface area contributed by atoms with E-state index in [0.29, 0.717) is 5.82 Å². The van der Waals surface area contributed by atoms with Crippen LogP contribution in [0.15, 0.2) is 33.6 Å². The average Bonchev–Trinajstić information content (AvgIpc) is 2.82. The summed E-state index contributed by atoms with van der Waals surface area (Å²) in [5.41, 5.74) is 6.86. The Labute approximate surface area is 101 Å². The van der Waals surface area contributed by atoms with Crippen molar-refractivity contribution >= 4 is 15.9 Å². The third-order valence-electron chi connectivity index (χ3n) is 2.19. The largest absolute Gasteiger partial charge is 0.497 e. The van der Waals surface area contributed by atoms with Gasteiger partial charge in [-0.05, 0) is 23.8 Å². The number of hydrogen-bond acceptors (Lipinski definition) is 5. The molecular weight excluding hydrogens is 274 g/mol. The molecule has 0 aliphatic carbocycles. The Hall–Kier alpha value is -1.40. The molecule has 0 bridgehead atoms. The summed E-state index contributed by atoms with van der Waals surface area (Å²) in [5.74, 6) is 1.17. The fourth-order valence-electron chi connectivity index (χ4n) is 1.34. The van der Waals surface area contributed by atoms with Gasteiger partial charge in [0, 0.05) is 4.47 Å². The van der Waals surface area contributed by atoms with Crippen LogP contribution in [0.5, 0.6) is 5.75 Å². The molecule has 0 aliphatic heterocycles. The number of halogens is 1. The topological polar surface area (TPSA) is 74.2 Å². The van der Waals surface area contributed by atoms with Crippen LogP contribution in [0.1, 0.15) is 17.4 Å². The van der Waals surface area contributed by atoms with Crippen molar-refractivity contribution < 1.29 is 9.26 Å². The second-order valence-corrected chi connectivity index (χ2v) is 4.01. The normalized spacial score (nSPS) is 12.4. The standard InChI is InChI=1S/C10H10BrN3O2/c1-15-6-2-3-8(11)7(4-6)9(12)10-13-5-16-14-10/h2-5,9H,12H2,1H3. The molecule has 1 aromatic heterocycles. The van der Waals surface area contributed by atoms with Gasteiger partial charge in [-0.15, -0.1) is 0 Å². The molecule has 2 aromatic rings. The van der Waals surface area contributed by atoms with Crippen molar-refractivity contribution in [1.82, 2.24) is 10.1 Å². The predicted octanol–water partition coefficient (Wildman–Crippen LogP) is 1.89. The zero-order valence-electron chi connectivity index (χ0n) is 8.55. The minimum absolute atomic E-state index is 0.439. The van der Waals surface area contributed by atoms with E-state index in [1.807, 2.05) is 18.2 Å². The molecule has 84 valence electrons. The number of nitrogens with zero attached hydrogens (tertiary/aromatic N) is 2. The lowest BCUT2D eigenvalue weighted by Gasteiger charge is -2.11. The van der Waals surface area contributed by atoms with E-state index in [0.717, 1.165) is 15.8 Å². The third-order valence-corrected chi connectivity index (χ3v) is 2.92. The van der Waals surface area contributed by atoms with Crippen LogP contribution in [0.25, 0.3) is 0 Å². The highest BCUT2D eigenvalue weighted by Gasteiger charge is 2.17. The highest BCUT2D eigenvalue weighted by molar-refractivity contribution is 9.10. The van der Waals surface area contributed by atoms with E-state index in [1.165, 1.54) is 6.39 Å². The van der Waals surface area contributed by atoms with Crippen molar-refractivity contribution in [3.05, 3.63) is 40.5 Å². The first-order valence-corrected chi connectivity index (χ1v) is 5.37. The highest BCUT2D eigenvalue weighted by Crippen LogP contribution is 2.28. The van der Waals surface area contributed by atoms with Gasteiger partial charge in [-0.2, -0.15) is 4.98 Å². The number of methoxy groups -OCH3 is 1. The van der Waals surface area contributed by atoms with Crippen molar-refractivity contribution in [1.29, 1.82) is 0 Å². The zero-order chi connectivity index (χ0) is 11.5. The first-order chi connectivity index (χ1) is 7.72. The van der Waals surface area contributed by atoms with Crippen molar-refractivity contribution in [2.24, 2.45) is 5.73 Å². The molecule has 6 heteroatoms. The van der Waals surface area contributed by atoms with E-state index in [4.69, 9.17) is 10.5 Å². The first kappa shape index (κ1) is 11.1. The van der Waals surface area contributed by atoms with Crippen LogP contribution in [-0.2, 0) is 0 Å². The van der Waals surface area contributed by atoms with Gasteiger partial charge in [0.1, 0.15) is 5.75 Å². The molecule has 1 unspecified atom stereocenters. The molecular formula is C10H10BrN3O2. The molecule has 0 fully saturated rings. The van der Waals surface area contributed by atoms with Crippen LogP contribution < -0.4 is 10.5 Å². The summed E-state index contributed by atoms with van der Waals surface area (Å²) in [4.78, 5) is 3.92. The molecule has 16 heavy (non-hydrogen) atoms. The smallest absolute Gasteiger partial charge is 0.213 e.